The number of benzene rings is 1. The molecule has 7 rings (SSSR count). The van der Waals surface area contributed by atoms with Crippen molar-refractivity contribution in [3.8, 4) is 16.8 Å². The minimum absolute atomic E-state index is 0.119. The molecule has 1 saturated heterocycles. The van der Waals surface area contributed by atoms with Gasteiger partial charge in [-0.2, -0.15) is 5.10 Å². The smallest absolute Gasteiger partial charge is 0.282 e. The zero-order valence-corrected chi connectivity index (χ0v) is 25.4. The summed E-state index contributed by atoms with van der Waals surface area (Å²) in [5.41, 5.74) is 4.81. The van der Waals surface area contributed by atoms with Crippen LogP contribution in [0.5, 0.6) is 0 Å². The Kier molecular flexibility index (Phi) is 7.09. The number of nitrogens with one attached hydrogen (secondary N) is 2. The van der Waals surface area contributed by atoms with Gasteiger partial charge in [0.15, 0.2) is 5.82 Å². The standard InChI is InChI=1S/C33H36N10O/c1-21-11-17-42-29(21)33(44)43(25-8-6-5-7-9-25)32(39-42)22(2)38-31-28-26(19-35-30(28)36-20-37-31)23-10-14-34-27(18-23)41-15-12-24(13-16-41)40(3)4/h5-11,14,17-20,22,24H,12-13,15-16H2,1-4H3,(H2,35,36,37,38)/t22-/m0/s1. The molecule has 1 atom stereocenters. The summed E-state index contributed by atoms with van der Waals surface area (Å²) < 4.78 is 3.35. The van der Waals surface area contributed by atoms with E-state index in [2.05, 4.69) is 50.2 Å². The fourth-order valence-corrected chi connectivity index (χ4v) is 6.28. The molecule has 1 aliphatic heterocycles. The van der Waals surface area contributed by atoms with Crippen molar-refractivity contribution in [1.29, 1.82) is 0 Å². The normalized spacial score (nSPS) is 15.0. The number of H-pyrrole nitrogens is 1. The molecular formula is C33H36N10O. The molecule has 1 aliphatic rings. The van der Waals surface area contributed by atoms with E-state index in [0.717, 1.165) is 65.2 Å². The third-order valence-corrected chi connectivity index (χ3v) is 8.71. The molecule has 0 radical (unpaired) electrons. The van der Waals surface area contributed by atoms with Crippen molar-refractivity contribution in [1.82, 2.24) is 39.0 Å². The van der Waals surface area contributed by atoms with Gasteiger partial charge in [0.1, 0.15) is 29.1 Å². The van der Waals surface area contributed by atoms with E-state index < -0.39 is 0 Å². The summed E-state index contributed by atoms with van der Waals surface area (Å²) in [6, 6.07) is 15.9. The van der Waals surface area contributed by atoms with Crippen LogP contribution in [0.1, 0.15) is 37.2 Å². The number of fused-ring (bicyclic) bond motifs is 2. The molecule has 1 aromatic carbocycles. The summed E-state index contributed by atoms with van der Waals surface area (Å²) in [5, 5.41) is 9.34. The Bertz CT molecular complexity index is 2000. The number of hydrogen-bond acceptors (Lipinski definition) is 8. The Labute approximate surface area is 255 Å². The van der Waals surface area contributed by atoms with Crippen molar-refractivity contribution in [2.75, 3.05) is 37.4 Å². The topological polar surface area (TPSA) is 112 Å². The number of piperidine rings is 1. The van der Waals surface area contributed by atoms with Crippen LogP contribution in [-0.4, -0.2) is 72.2 Å². The maximum atomic E-state index is 13.8. The van der Waals surface area contributed by atoms with E-state index in [9.17, 15) is 4.79 Å². The highest BCUT2D eigenvalue weighted by molar-refractivity contribution is 6.01. The minimum Gasteiger partial charge on any atom is -0.360 e. The van der Waals surface area contributed by atoms with Crippen LogP contribution < -0.4 is 15.8 Å². The van der Waals surface area contributed by atoms with Crippen molar-refractivity contribution < 1.29 is 0 Å². The molecule has 6 heterocycles. The molecule has 2 N–H and O–H groups in total. The second-order valence-corrected chi connectivity index (χ2v) is 11.7. The second-order valence-electron chi connectivity index (χ2n) is 11.7. The lowest BCUT2D eigenvalue weighted by Gasteiger charge is -2.35. The maximum Gasteiger partial charge on any atom is 0.282 e. The number of pyridine rings is 1. The third kappa shape index (κ3) is 4.88. The zero-order chi connectivity index (χ0) is 30.4. The zero-order valence-electron chi connectivity index (χ0n) is 25.4. The van der Waals surface area contributed by atoms with Gasteiger partial charge in [-0.3, -0.25) is 9.36 Å². The highest BCUT2D eigenvalue weighted by Gasteiger charge is 2.24. The Hall–Kier alpha value is -5.03. The SMILES string of the molecule is Cc1ccn2nc([C@H](C)Nc3ncnc4[nH]cc(-c5ccnc(N6CCC(N(C)C)CC6)c5)c34)n(-c3ccccc3)c(=O)c12. The number of nitrogens with zero attached hydrogens (tertiary/aromatic N) is 8. The fourth-order valence-electron chi connectivity index (χ4n) is 6.28. The van der Waals surface area contributed by atoms with Gasteiger partial charge in [0.25, 0.3) is 5.56 Å². The monoisotopic (exact) mass is 588 g/mol. The first kappa shape index (κ1) is 27.8. The van der Waals surface area contributed by atoms with Crippen molar-refractivity contribution >= 4 is 28.2 Å². The molecule has 0 saturated carbocycles. The predicted molar refractivity (Wildman–Crippen MR) is 174 cm³/mol. The van der Waals surface area contributed by atoms with E-state index >= 15 is 0 Å². The van der Waals surface area contributed by atoms with Gasteiger partial charge in [0.05, 0.1) is 17.1 Å². The molecule has 44 heavy (non-hydrogen) atoms. The number of anilines is 2. The van der Waals surface area contributed by atoms with Crippen molar-refractivity contribution in [2.45, 2.75) is 38.8 Å². The van der Waals surface area contributed by atoms with Gasteiger partial charge in [0.2, 0.25) is 0 Å². The number of para-hydroxylation sites is 1. The Balaban J connectivity index is 1.26. The van der Waals surface area contributed by atoms with E-state index in [1.54, 1.807) is 15.4 Å². The lowest BCUT2D eigenvalue weighted by molar-refractivity contribution is 0.249. The molecule has 5 aromatic heterocycles. The molecule has 1 fully saturated rings. The molecule has 0 unspecified atom stereocenters. The third-order valence-electron chi connectivity index (χ3n) is 8.71. The summed E-state index contributed by atoms with van der Waals surface area (Å²) >= 11 is 0. The average molecular weight is 589 g/mol. The first-order valence-corrected chi connectivity index (χ1v) is 15.0. The molecule has 11 nitrogen and oxygen atoms in total. The van der Waals surface area contributed by atoms with E-state index in [0.29, 0.717) is 23.2 Å². The van der Waals surface area contributed by atoms with Crippen LogP contribution in [0.25, 0.3) is 33.4 Å². The summed E-state index contributed by atoms with van der Waals surface area (Å²) in [6.07, 6.45) is 9.44. The average Bonchev–Trinajstić information content (AvgIpc) is 3.66. The highest BCUT2D eigenvalue weighted by atomic mass is 16.1. The fraction of sp³-hybridized carbons (Fsp3) is 0.303. The molecular weight excluding hydrogens is 552 g/mol. The summed E-state index contributed by atoms with van der Waals surface area (Å²) in [6.45, 7) is 5.87. The van der Waals surface area contributed by atoms with Crippen LogP contribution in [0.3, 0.4) is 0 Å². The first-order valence-electron chi connectivity index (χ1n) is 15.0. The molecule has 0 aliphatic carbocycles. The van der Waals surface area contributed by atoms with Gasteiger partial charge in [0, 0.05) is 43.3 Å². The van der Waals surface area contributed by atoms with Crippen LogP contribution in [0.15, 0.2) is 78.2 Å². The van der Waals surface area contributed by atoms with Crippen molar-refractivity contribution in [3.63, 3.8) is 0 Å². The van der Waals surface area contributed by atoms with Crippen LogP contribution in [0.2, 0.25) is 0 Å². The first-order chi connectivity index (χ1) is 21.4. The number of rotatable bonds is 7. The van der Waals surface area contributed by atoms with E-state index in [-0.39, 0.29) is 11.6 Å². The van der Waals surface area contributed by atoms with Crippen LogP contribution in [-0.2, 0) is 0 Å². The largest absolute Gasteiger partial charge is 0.360 e. The highest BCUT2D eigenvalue weighted by Crippen LogP contribution is 2.35. The van der Waals surface area contributed by atoms with E-state index in [1.807, 2.05) is 74.9 Å². The lowest BCUT2D eigenvalue weighted by Crippen LogP contribution is -2.42. The van der Waals surface area contributed by atoms with Crippen LogP contribution in [0.4, 0.5) is 11.6 Å². The lowest BCUT2D eigenvalue weighted by atomic mass is 10.0. The maximum absolute atomic E-state index is 13.8. The van der Waals surface area contributed by atoms with Gasteiger partial charge < -0.3 is 20.1 Å². The van der Waals surface area contributed by atoms with Crippen molar-refractivity contribution in [3.05, 3.63) is 95.2 Å². The number of aromatic nitrogens is 7. The van der Waals surface area contributed by atoms with E-state index in [4.69, 9.17) is 10.1 Å². The van der Waals surface area contributed by atoms with Crippen molar-refractivity contribution in [2.24, 2.45) is 0 Å². The van der Waals surface area contributed by atoms with Gasteiger partial charge in [-0.25, -0.2) is 19.5 Å². The Morgan fingerprint density at radius 3 is 2.61 bits per heavy atom. The summed E-state index contributed by atoms with van der Waals surface area (Å²) in [5.74, 6) is 2.20. The number of aryl methyl sites for hydroxylation is 1. The molecule has 6 aromatic rings. The second kappa shape index (κ2) is 11.2. The van der Waals surface area contributed by atoms with Gasteiger partial charge in [-0.1, -0.05) is 18.2 Å². The van der Waals surface area contributed by atoms with Gasteiger partial charge in [-0.15, -0.1) is 0 Å². The number of aromatic amines is 1. The number of hydrogen-bond donors (Lipinski definition) is 2. The Morgan fingerprint density at radius 1 is 1.05 bits per heavy atom. The minimum atomic E-state index is -0.373. The molecule has 224 valence electrons. The summed E-state index contributed by atoms with van der Waals surface area (Å²) in [7, 11) is 4.31. The quantitative estimate of drug-likeness (QED) is 0.273. The molecule has 0 spiro atoms. The predicted octanol–water partition coefficient (Wildman–Crippen LogP) is 4.83. The Morgan fingerprint density at radius 2 is 1.84 bits per heavy atom. The summed E-state index contributed by atoms with van der Waals surface area (Å²) in [4.78, 5) is 35.7. The van der Waals surface area contributed by atoms with Gasteiger partial charge in [-0.05, 0) is 82.2 Å². The van der Waals surface area contributed by atoms with Crippen LogP contribution >= 0.6 is 0 Å². The van der Waals surface area contributed by atoms with E-state index in [1.165, 1.54) is 0 Å². The molecule has 11 heteroatoms. The molecule has 0 bridgehead atoms. The molecule has 0 amide bonds. The van der Waals surface area contributed by atoms with Crippen LogP contribution in [0, 0.1) is 6.92 Å². The van der Waals surface area contributed by atoms with Gasteiger partial charge >= 0.3 is 0 Å².